The molecule has 0 aliphatic heterocycles. The predicted molar refractivity (Wildman–Crippen MR) is 97.2 cm³/mol. The minimum absolute atomic E-state index is 0.0463. The smallest absolute Gasteiger partial charge is 0.240 e. The van der Waals surface area contributed by atoms with Crippen molar-refractivity contribution < 1.29 is 4.79 Å². The molecular formula is C19H20ClN3O. The molecule has 0 saturated carbocycles. The van der Waals surface area contributed by atoms with Gasteiger partial charge in [-0.1, -0.05) is 23.7 Å². The van der Waals surface area contributed by atoms with Crippen molar-refractivity contribution in [2.24, 2.45) is 0 Å². The molecule has 0 aliphatic rings. The number of nitrogens with zero attached hydrogens (tertiary/aromatic N) is 2. The number of fused-ring (bicyclic) bond motifs is 1. The number of rotatable bonds is 4. The number of carbonyl (C=O) groups is 1. The van der Waals surface area contributed by atoms with Crippen molar-refractivity contribution >= 4 is 28.5 Å². The van der Waals surface area contributed by atoms with Crippen LogP contribution in [0, 0.1) is 13.8 Å². The van der Waals surface area contributed by atoms with Crippen LogP contribution >= 0.6 is 11.6 Å². The van der Waals surface area contributed by atoms with Gasteiger partial charge in [-0.25, -0.2) is 4.98 Å². The number of benzene rings is 2. The number of hydrogen-bond acceptors (Lipinski definition) is 2. The highest BCUT2D eigenvalue weighted by Crippen LogP contribution is 2.19. The Hall–Kier alpha value is -2.33. The predicted octanol–water partition coefficient (Wildman–Crippen LogP) is 4.18. The van der Waals surface area contributed by atoms with Crippen molar-refractivity contribution in [2.45, 2.75) is 33.4 Å². The van der Waals surface area contributed by atoms with Crippen molar-refractivity contribution in [1.82, 2.24) is 14.9 Å². The lowest BCUT2D eigenvalue weighted by molar-refractivity contribution is -0.122. The van der Waals surface area contributed by atoms with Gasteiger partial charge in [0.2, 0.25) is 5.91 Å². The van der Waals surface area contributed by atoms with Crippen LogP contribution in [-0.4, -0.2) is 15.5 Å². The van der Waals surface area contributed by atoms with Crippen LogP contribution in [-0.2, 0) is 11.3 Å². The fourth-order valence-electron chi connectivity index (χ4n) is 2.72. The van der Waals surface area contributed by atoms with Crippen molar-refractivity contribution in [1.29, 1.82) is 0 Å². The van der Waals surface area contributed by atoms with Gasteiger partial charge in [-0.3, -0.25) is 4.79 Å². The van der Waals surface area contributed by atoms with E-state index in [1.54, 1.807) is 6.33 Å². The van der Waals surface area contributed by atoms with Crippen molar-refractivity contribution in [3.05, 3.63) is 64.4 Å². The number of halogens is 1. The summed E-state index contributed by atoms with van der Waals surface area (Å²) in [4.78, 5) is 16.8. The third-order valence-corrected chi connectivity index (χ3v) is 4.55. The highest BCUT2D eigenvalue weighted by Gasteiger charge is 2.12. The number of hydrogen-bond donors (Lipinski definition) is 1. The Morgan fingerprint density at radius 2 is 1.88 bits per heavy atom. The third kappa shape index (κ3) is 3.44. The number of carbonyl (C=O) groups excluding carboxylic acids is 1. The molecule has 1 atom stereocenters. The van der Waals surface area contributed by atoms with E-state index in [1.165, 1.54) is 11.1 Å². The van der Waals surface area contributed by atoms with Gasteiger partial charge in [0.05, 0.1) is 23.4 Å². The summed E-state index contributed by atoms with van der Waals surface area (Å²) in [6, 6.07) is 11.6. The van der Waals surface area contributed by atoms with E-state index in [2.05, 4.69) is 36.3 Å². The first-order valence-electron chi connectivity index (χ1n) is 7.91. The van der Waals surface area contributed by atoms with Gasteiger partial charge in [-0.2, -0.15) is 0 Å². The Morgan fingerprint density at radius 3 is 2.58 bits per heavy atom. The molecule has 1 N–H and O–H groups in total. The standard InChI is InChI=1S/C19H20ClN3O/c1-12-8-17-18(9-13(12)2)23(11-21-17)10-19(24)22-14(3)15-4-6-16(20)7-5-15/h4-9,11,14H,10H2,1-3H3,(H,22,24). The normalized spacial score (nSPS) is 12.3. The van der Waals surface area contributed by atoms with E-state index in [0.29, 0.717) is 5.02 Å². The van der Waals surface area contributed by atoms with E-state index in [0.717, 1.165) is 16.6 Å². The molecule has 4 nitrogen and oxygen atoms in total. The Labute approximate surface area is 146 Å². The number of nitrogens with one attached hydrogen (secondary N) is 1. The lowest BCUT2D eigenvalue weighted by Gasteiger charge is -2.15. The lowest BCUT2D eigenvalue weighted by Crippen LogP contribution is -2.29. The Kier molecular flexibility index (Phi) is 4.58. The van der Waals surface area contributed by atoms with Crippen molar-refractivity contribution in [3.8, 4) is 0 Å². The van der Waals surface area contributed by atoms with Crippen molar-refractivity contribution in [3.63, 3.8) is 0 Å². The molecule has 124 valence electrons. The van der Waals surface area contributed by atoms with Crippen LogP contribution in [0.25, 0.3) is 11.0 Å². The van der Waals surface area contributed by atoms with Crippen LogP contribution < -0.4 is 5.32 Å². The molecule has 5 heteroatoms. The zero-order chi connectivity index (χ0) is 17.3. The van der Waals surface area contributed by atoms with Crippen LogP contribution in [0.15, 0.2) is 42.7 Å². The Morgan fingerprint density at radius 1 is 1.21 bits per heavy atom. The van der Waals surface area contributed by atoms with Crippen LogP contribution in [0.5, 0.6) is 0 Å². The molecule has 0 fully saturated rings. The zero-order valence-corrected chi connectivity index (χ0v) is 14.8. The number of aryl methyl sites for hydroxylation is 2. The van der Waals surface area contributed by atoms with Crippen LogP contribution in [0.2, 0.25) is 5.02 Å². The first kappa shape index (κ1) is 16.5. The van der Waals surface area contributed by atoms with E-state index in [4.69, 9.17) is 11.6 Å². The maximum Gasteiger partial charge on any atom is 0.240 e. The second kappa shape index (κ2) is 6.65. The number of imidazole rings is 1. The minimum atomic E-state index is -0.0754. The Balaban J connectivity index is 1.73. The van der Waals surface area contributed by atoms with Gasteiger partial charge in [-0.05, 0) is 61.7 Å². The molecule has 3 aromatic rings. The molecule has 0 bridgehead atoms. The summed E-state index contributed by atoms with van der Waals surface area (Å²) in [5, 5.41) is 3.70. The minimum Gasteiger partial charge on any atom is -0.348 e. The van der Waals surface area contributed by atoms with Gasteiger partial charge in [0.1, 0.15) is 6.54 Å². The summed E-state index contributed by atoms with van der Waals surface area (Å²) in [5.74, 6) is -0.0463. The number of aromatic nitrogens is 2. The molecular weight excluding hydrogens is 322 g/mol. The summed E-state index contributed by atoms with van der Waals surface area (Å²) in [6.45, 7) is 6.33. The van der Waals surface area contributed by atoms with E-state index in [-0.39, 0.29) is 18.5 Å². The van der Waals surface area contributed by atoms with Crippen LogP contribution in [0.3, 0.4) is 0 Å². The molecule has 1 amide bonds. The summed E-state index contributed by atoms with van der Waals surface area (Å²) in [6.07, 6.45) is 1.72. The van der Waals surface area contributed by atoms with Crippen LogP contribution in [0.4, 0.5) is 0 Å². The Bertz CT molecular complexity index is 884. The monoisotopic (exact) mass is 341 g/mol. The number of amides is 1. The fraction of sp³-hybridized carbons (Fsp3) is 0.263. The van der Waals surface area contributed by atoms with Gasteiger partial charge in [0.15, 0.2) is 0 Å². The largest absolute Gasteiger partial charge is 0.348 e. The molecule has 1 heterocycles. The van der Waals surface area contributed by atoms with E-state index in [1.807, 2.05) is 35.8 Å². The molecule has 0 aliphatic carbocycles. The summed E-state index contributed by atoms with van der Waals surface area (Å²) < 4.78 is 1.88. The summed E-state index contributed by atoms with van der Waals surface area (Å²) in [5.41, 5.74) is 5.31. The van der Waals surface area contributed by atoms with Gasteiger partial charge in [0.25, 0.3) is 0 Å². The molecule has 1 unspecified atom stereocenters. The average molecular weight is 342 g/mol. The molecule has 1 aromatic heterocycles. The van der Waals surface area contributed by atoms with E-state index < -0.39 is 0 Å². The molecule has 2 aromatic carbocycles. The first-order valence-corrected chi connectivity index (χ1v) is 8.29. The van der Waals surface area contributed by atoms with E-state index >= 15 is 0 Å². The molecule has 24 heavy (non-hydrogen) atoms. The maximum atomic E-state index is 12.4. The maximum absolute atomic E-state index is 12.4. The fourth-order valence-corrected chi connectivity index (χ4v) is 2.84. The molecule has 0 radical (unpaired) electrons. The molecule has 0 saturated heterocycles. The molecule has 0 spiro atoms. The van der Waals surface area contributed by atoms with Gasteiger partial charge in [0, 0.05) is 5.02 Å². The summed E-state index contributed by atoms with van der Waals surface area (Å²) in [7, 11) is 0. The van der Waals surface area contributed by atoms with Gasteiger partial charge >= 0.3 is 0 Å². The SMILES string of the molecule is Cc1cc2ncn(CC(=O)NC(C)c3ccc(Cl)cc3)c2cc1C. The zero-order valence-electron chi connectivity index (χ0n) is 14.0. The third-order valence-electron chi connectivity index (χ3n) is 4.30. The summed E-state index contributed by atoms with van der Waals surface area (Å²) >= 11 is 5.90. The van der Waals surface area contributed by atoms with E-state index in [9.17, 15) is 4.79 Å². The van der Waals surface area contributed by atoms with Gasteiger partial charge in [-0.15, -0.1) is 0 Å². The quantitative estimate of drug-likeness (QED) is 0.773. The van der Waals surface area contributed by atoms with Crippen molar-refractivity contribution in [2.75, 3.05) is 0 Å². The topological polar surface area (TPSA) is 46.9 Å². The highest BCUT2D eigenvalue weighted by atomic mass is 35.5. The highest BCUT2D eigenvalue weighted by molar-refractivity contribution is 6.30. The van der Waals surface area contributed by atoms with Crippen LogP contribution in [0.1, 0.15) is 29.7 Å². The second-order valence-corrected chi connectivity index (χ2v) is 6.57. The first-order chi connectivity index (χ1) is 11.4. The average Bonchev–Trinajstić information content (AvgIpc) is 2.90. The second-order valence-electron chi connectivity index (χ2n) is 6.14. The van der Waals surface area contributed by atoms with Gasteiger partial charge < -0.3 is 9.88 Å². The lowest BCUT2D eigenvalue weighted by atomic mass is 10.1. The molecule has 3 rings (SSSR count).